The fourth-order valence-corrected chi connectivity index (χ4v) is 4.39. The van der Waals surface area contributed by atoms with Gasteiger partial charge in [0.25, 0.3) is 0 Å². The Bertz CT molecular complexity index is 840. The van der Waals surface area contributed by atoms with Gasteiger partial charge in [-0.15, -0.1) is 11.3 Å². The van der Waals surface area contributed by atoms with E-state index < -0.39 is 0 Å². The molecule has 0 saturated carbocycles. The summed E-state index contributed by atoms with van der Waals surface area (Å²) in [6.07, 6.45) is 5.54. The Morgan fingerprint density at radius 1 is 1.24 bits per heavy atom. The first-order valence-corrected chi connectivity index (χ1v) is 9.76. The summed E-state index contributed by atoms with van der Waals surface area (Å²) in [7, 11) is 0. The van der Waals surface area contributed by atoms with Crippen LogP contribution >= 0.6 is 11.3 Å². The van der Waals surface area contributed by atoms with Crippen molar-refractivity contribution >= 4 is 11.3 Å². The first kappa shape index (κ1) is 16.5. The Hall–Kier alpha value is -1.98. The van der Waals surface area contributed by atoms with Crippen molar-refractivity contribution in [3.8, 4) is 10.8 Å². The van der Waals surface area contributed by atoms with Gasteiger partial charge in [-0.3, -0.25) is 9.88 Å². The van der Waals surface area contributed by atoms with Crippen LogP contribution in [-0.2, 0) is 6.54 Å². The van der Waals surface area contributed by atoms with Crippen LogP contribution in [0, 0.1) is 13.8 Å². The number of aryl methyl sites for hydroxylation is 2. The number of rotatable bonds is 4. The zero-order valence-corrected chi connectivity index (χ0v) is 15.6. The number of thiophene rings is 1. The summed E-state index contributed by atoms with van der Waals surface area (Å²) in [4.78, 5) is 13.0. The van der Waals surface area contributed by atoms with Crippen molar-refractivity contribution in [2.24, 2.45) is 0 Å². The molecule has 25 heavy (non-hydrogen) atoms. The lowest BCUT2D eigenvalue weighted by molar-refractivity contribution is 0.135. The molecule has 4 rings (SSSR count). The van der Waals surface area contributed by atoms with E-state index in [1.54, 1.807) is 11.3 Å². The summed E-state index contributed by atoms with van der Waals surface area (Å²) in [5.41, 5.74) is 3.44. The largest absolute Gasteiger partial charge is 0.440 e. The number of likely N-dealkylation sites (tertiary alicyclic amines) is 1. The molecule has 1 fully saturated rings. The standard InChI is InChI=1S/C20H23N3OS/c1-14-9-12-25-19(14)20-22-17(15(2)24-20)13-23-11-6-4-8-18(23)16-7-3-5-10-21-16/h3,5,7,9-10,12,18H,4,6,8,11,13H2,1-2H3. The highest BCUT2D eigenvalue weighted by atomic mass is 32.1. The molecule has 0 spiro atoms. The molecule has 1 atom stereocenters. The van der Waals surface area contributed by atoms with Crippen molar-refractivity contribution in [2.45, 2.75) is 45.7 Å². The Morgan fingerprint density at radius 3 is 2.92 bits per heavy atom. The van der Waals surface area contributed by atoms with Crippen LogP contribution in [0.2, 0.25) is 0 Å². The second-order valence-electron chi connectivity index (χ2n) is 6.69. The summed E-state index contributed by atoms with van der Waals surface area (Å²) in [5, 5.41) is 2.09. The Balaban J connectivity index is 1.58. The smallest absolute Gasteiger partial charge is 0.237 e. The molecular formula is C20H23N3OS. The molecule has 1 unspecified atom stereocenters. The third-order valence-corrected chi connectivity index (χ3v) is 5.95. The molecule has 0 radical (unpaired) electrons. The van der Waals surface area contributed by atoms with Crippen LogP contribution in [0.25, 0.3) is 10.8 Å². The predicted octanol–water partition coefficient (Wildman–Crippen LogP) is 5.14. The fraction of sp³-hybridized carbons (Fsp3) is 0.400. The zero-order valence-electron chi connectivity index (χ0n) is 14.7. The van der Waals surface area contributed by atoms with Gasteiger partial charge in [0, 0.05) is 12.7 Å². The first-order chi connectivity index (χ1) is 12.2. The van der Waals surface area contributed by atoms with E-state index in [-0.39, 0.29) is 0 Å². The molecule has 130 valence electrons. The Labute approximate surface area is 152 Å². The molecule has 0 aromatic carbocycles. The average Bonchev–Trinajstić information content (AvgIpc) is 3.22. The summed E-state index contributed by atoms with van der Waals surface area (Å²) < 4.78 is 5.98. The highest BCUT2D eigenvalue weighted by Crippen LogP contribution is 2.33. The number of oxazole rings is 1. The molecule has 1 saturated heterocycles. The third kappa shape index (κ3) is 3.39. The maximum absolute atomic E-state index is 5.98. The number of aromatic nitrogens is 2. The molecule has 1 aliphatic rings. The normalized spacial score (nSPS) is 18.6. The number of hydrogen-bond acceptors (Lipinski definition) is 5. The van der Waals surface area contributed by atoms with Gasteiger partial charge >= 0.3 is 0 Å². The van der Waals surface area contributed by atoms with Gasteiger partial charge in [-0.25, -0.2) is 4.98 Å². The highest BCUT2D eigenvalue weighted by Gasteiger charge is 2.27. The number of hydrogen-bond donors (Lipinski definition) is 0. The van der Waals surface area contributed by atoms with E-state index in [0.717, 1.165) is 47.4 Å². The molecule has 0 N–H and O–H groups in total. The van der Waals surface area contributed by atoms with Gasteiger partial charge in [-0.2, -0.15) is 0 Å². The highest BCUT2D eigenvalue weighted by molar-refractivity contribution is 7.13. The van der Waals surface area contributed by atoms with Gasteiger partial charge in [0.15, 0.2) is 0 Å². The molecule has 0 bridgehead atoms. The maximum atomic E-state index is 5.98. The maximum Gasteiger partial charge on any atom is 0.237 e. The number of pyridine rings is 1. The van der Waals surface area contributed by atoms with Gasteiger partial charge < -0.3 is 4.42 Å². The topological polar surface area (TPSA) is 42.2 Å². The van der Waals surface area contributed by atoms with Crippen LogP contribution in [-0.4, -0.2) is 21.4 Å². The predicted molar refractivity (Wildman–Crippen MR) is 101 cm³/mol. The molecule has 1 aliphatic heterocycles. The van der Waals surface area contributed by atoms with Gasteiger partial charge in [-0.1, -0.05) is 12.5 Å². The van der Waals surface area contributed by atoms with Gasteiger partial charge in [0.2, 0.25) is 5.89 Å². The first-order valence-electron chi connectivity index (χ1n) is 8.88. The van der Waals surface area contributed by atoms with Crippen LogP contribution in [0.3, 0.4) is 0 Å². The second kappa shape index (κ2) is 7.10. The quantitative estimate of drug-likeness (QED) is 0.651. The Morgan fingerprint density at radius 2 is 2.16 bits per heavy atom. The van der Waals surface area contributed by atoms with Crippen molar-refractivity contribution in [3.05, 3.63) is 58.6 Å². The van der Waals surface area contributed by atoms with Gasteiger partial charge in [0.1, 0.15) is 5.76 Å². The molecule has 4 heterocycles. The fourth-order valence-electron chi connectivity index (χ4n) is 3.54. The third-order valence-electron chi connectivity index (χ3n) is 4.94. The minimum absolute atomic E-state index is 0.373. The monoisotopic (exact) mass is 353 g/mol. The van der Waals surface area contributed by atoms with Crippen molar-refractivity contribution in [1.29, 1.82) is 0 Å². The summed E-state index contributed by atoms with van der Waals surface area (Å²) in [6, 6.07) is 8.68. The number of nitrogens with zero attached hydrogens (tertiary/aromatic N) is 3. The van der Waals surface area contributed by atoms with Gasteiger partial charge in [-0.05, 0) is 62.4 Å². The van der Waals surface area contributed by atoms with Crippen LogP contribution in [0.4, 0.5) is 0 Å². The Kier molecular flexibility index (Phi) is 4.68. The van der Waals surface area contributed by atoms with E-state index in [9.17, 15) is 0 Å². The van der Waals surface area contributed by atoms with E-state index in [0.29, 0.717) is 6.04 Å². The van der Waals surface area contributed by atoms with Crippen molar-refractivity contribution < 1.29 is 4.42 Å². The lowest BCUT2D eigenvalue weighted by atomic mass is 9.98. The van der Waals surface area contributed by atoms with Gasteiger partial charge in [0.05, 0.1) is 22.3 Å². The zero-order chi connectivity index (χ0) is 17.2. The molecule has 0 amide bonds. The second-order valence-corrected chi connectivity index (χ2v) is 7.61. The van der Waals surface area contributed by atoms with Crippen LogP contribution < -0.4 is 0 Å². The minimum atomic E-state index is 0.373. The van der Waals surface area contributed by atoms with Crippen molar-refractivity contribution in [3.63, 3.8) is 0 Å². The average molecular weight is 353 g/mol. The summed E-state index contributed by atoms with van der Waals surface area (Å²) >= 11 is 1.69. The molecule has 4 nitrogen and oxygen atoms in total. The molecule has 5 heteroatoms. The van der Waals surface area contributed by atoms with E-state index in [1.165, 1.54) is 18.4 Å². The van der Waals surface area contributed by atoms with E-state index >= 15 is 0 Å². The van der Waals surface area contributed by atoms with E-state index in [2.05, 4.69) is 40.4 Å². The van der Waals surface area contributed by atoms with Crippen molar-refractivity contribution in [1.82, 2.24) is 14.9 Å². The lowest BCUT2D eigenvalue weighted by Gasteiger charge is -2.34. The molecule has 3 aromatic heterocycles. The summed E-state index contributed by atoms with van der Waals surface area (Å²) in [5.74, 6) is 1.68. The molecule has 3 aromatic rings. The van der Waals surface area contributed by atoms with E-state index in [1.807, 2.05) is 19.2 Å². The van der Waals surface area contributed by atoms with E-state index in [4.69, 9.17) is 9.40 Å². The molecular weight excluding hydrogens is 330 g/mol. The SMILES string of the molecule is Cc1ccsc1-c1nc(CN2CCCCC2c2ccccn2)c(C)o1. The van der Waals surface area contributed by atoms with Crippen molar-refractivity contribution in [2.75, 3.05) is 6.54 Å². The lowest BCUT2D eigenvalue weighted by Crippen LogP contribution is -2.33. The minimum Gasteiger partial charge on any atom is -0.440 e. The van der Waals surface area contributed by atoms with Crippen LogP contribution in [0.1, 0.15) is 48.0 Å². The number of piperidine rings is 1. The van der Waals surface area contributed by atoms with Crippen LogP contribution in [0.5, 0.6) is 0 Å². The molecule has 0 aliphatic carbocycles. The van der Waals surface area contributed by atoms with Crippen LogP contribution in [0.15, 0.2) is 40.3 Å². The summed E-state index contributed by atoms with van der Waals surface area (Å²) in [6.45, 7) is 6.03.